The highest BCUT2D eigenvalue weighted by atomic mass is 79.9. The first-order chi connectivity index (χ1) is 9.79. The topological polar surface area (TPSA) is 90.0 Å². The van der Waals surface area contributed by atoms with E-state index in [2.05, 4.69) is 25.8 Å². The van der Waals surface area contributed by atoms with Crippen LogP contribution in [-0.4, -0.2) is 24.7 Å². The molecule has 0 saturated heterocycles. The van der Waals surface area contributed by atoms with Crippen molar-refractivity contribution in [3.63, 3.8) is 0 Å². The van der Waals surface area contributed by atoms with Crippen molar-refractivity contribution in [1.82, 2.24) is 14.5 Å². The lowest BCUT2D eigenvalue weighted by molar-refractivity contribution is 0.581. The number of benzene rings is 1. The molecule has 2 rings (SSSR count). The van der Waals surface area contributed by atoms with Crippen molar-refractivity contribution in [3.05, 3.63) is 39.6 Å². The van der Waals surface area contributed by atoms with Gasteiger partial charge in [-0.25, -0.2) is 13.1 Å². The second-order valence-corrected chi connectivity index (χ2v) is 7.44. The van der Waals surface area contributed by atoms with Crippen LogP contribution in [0.2, 0.25) is 5.02 Å². The van der Waals surface area contributed by atoms with E-state index >= 15 is 0 Å². The average Bonchev–Trinajstić information content (AvgIpc) is 2.79. The number of nitrogens with one attached hydrogen (secondary N) is 1. The van der Waals surface area contributed by atoms with Crippen molar-refractivity contribution in [2.45, 2.75) is 11.3 Å². The third-order valence-corrected chi connectivity index (χ3v) is 5.64. The maximum atomic E-state index is 12.3. The van der Waals surface area contributed by atoms with Crippen LogP contribution in [0.5, 0.6) is 0 Å². The van der Waals surface area contributed by atoms with Crippen molar-refractivity contribution < 1.29 is 8.42 Å². The molecule has 0 unspecified atom stereocenters. The van der Waals surface area contributed by atoms with Crippen LogP contribution in [-0.2, 0) is 23.5 Å². The van der Waals surface area contributed by atoms with Gasteiger partial charge in [0.1, 0.15) is 0 Å². The zero-order valence-electron chi connectivity index (χ0n) is 11.2. The van der Waals surface area contributed by atoms with E-state index in [0.717, 1.165) is 5.56 Å². The second-order valence-electron chi connectivity index (χ2n) is 4.48. The number of nitrogen functional groups attached to an aromatic ring is 1. The summed E-state index contributed by atoms with van der Waals surface area (Å²) in [7, 11) is -1.88. The number of sulfonamides is 1. The van der Waals surface area contributed by atoms with Crippen molar-refractivity contribution in [2.24, 2.45) is 7.05 Å². The molecule has 1 aromatic carbocycles. The molecule has 0 spiro atoms. The monoisotopic (exact) mass is 392 g/mol. The summed E-state index contributed by atoms with van der Waals surface area (Å²) in [6, 6.07) is 2.84. The van der Waals surface area contributed by atoms with Crippen LogP contribution < -0.4 is 10.5 Å². The number of nitrogens with two attached hydrogens (primary N) is 1. The first-order valence-corrected chi connectivity index (χ1v) is 8.67. The molecule has 21 heavy (non-hydrogen) atoms. The SMILES string of the molecule is Cn1cc(CCNS(=O)(=O)c2cc(Cl)cc(N)c2Br)cn1. The molecule has 1 aromatic heterocycles. The number of halogens is 2. The van der Waals surface area contributed by atoms with Gasteiger partial charge in [0.15, 0.2) is 0 Å². The number of anilines is 1. The van der Waals surface area contributed by atoms with E-state index in [-0.39, 0.29) is 22.2 Å². The van der Waals surface area contributed by atoms with Gasteiger partial charge in [0.2, 0.25) is 10.0 Å². The molecule has 9 heteroatoms. The minimum absolute atomic E-state index is 0.0266. The van der Waals surface area contributed by atoms with E-state index in [4.69, 9.17) is 17.3 Å². The standard InChI is InChI=1S/C12H14BrClN4O2S/c1-18-7-8(6-16-18)2-3-17-21(19,20)11-5-9(14)4-10(15)12(11)13/h4-7,17H,2-3,15H2,1H3. The summed E-state index contributed by atoms with van der Waals surface area (Å²) in [4.78, 5) is 0.0266. The fourth-order valence-electron chi connectivity index (χ4n) is 1.79. The van der Waals surface area contributed by atoms with Crippen LogP contribution in [0.4, 0.5) is 5.69 Å². The van der Waals surface area contributed by atoms with Crippen LogP contribution in [0.25, 0.3) is 0 Å². The summed E-state index contributed by atoms with van der Waals surface area (Å²) in [6.45, 7) is 0.257. The van der Waals surface area contributed by atoms with Gasteiger partial charge in [-0.05, 0) is 40.0 Å². The Morgan fingerprint density at radius 2 is 2.19 bits per heavy atom. The van der Waals surface area contributed by atoms with Gasteiger partial charge >= 0.3 is 0 Å². The summed E-state index contributed by atoms with van der Waals surface area (Å²) in [5, 5.41) is 4.29. The number of rotatable bonds is 5. The predicted molar refractivity (Wildman–Crippen MR) is 85.7 cm³/mol. The maximum absolute atomic E-state index is 12.3. The molecule has 6 nitrogen and oxygen atoms in total. The van der Waals surface area contributed by atoms with Gasteiger partial charge in [-0.3, -0.25) is 4.68 Å². The van der Waals surface area contributed by atoms with Crippen LogP contribution in [0.3, 0.4) is 0 Å². The van der Waals surface area contributed by atoms with Gasteiger partial charge in [-0.2, -0.15) is 5.10 Å². The normalized spacial score (nSPS) is 11.8. The molecule has 1 heterocycles. The fourth-order valence-corrected chi connectivity index (χ4v) is 4.11. The number of aromatic nitrogens is 2. The molecule has 0 aliphatic carbocycles. The Kier molecular flexibility index (Phi) is 4.92. The molecule has 0 saturated carbocycles. The predicted octanol–water partition coefficient (Wildman–Crippen LogP) is 1.94. The Morgan fingerprint density at radius 1 is 1.48 bits per heavy atom. The van der Waals surface area contributed by atoms with E-state index in [1.807, 2.05) is 6.20 Å². The summed E-state index contributed by atoms with van der Waals surface area (Å²) in [5.74, 6) is 0. The van der Waals surface area contributed by atoms with Gasteiger partial charge in [-0.1, -0.05) is 11.6 Å². The third-order valence-electron chi connectivity index (χ3n) is 2.79. The molecule has 0 atom stereocenters. The van der Waals surface area contributed by atoms with Gasteiger partial charge in [0, 0.05) is 30.5 Å². The lowest BCUT2D eigenvalue weighted by atomic mass is 10.3. The van der Waals surface area contributed by atoms with Crippen molar-refractivity contribution in [2.75, 3.05) is 12.3 Å². The van der Waals surface area contributed by atoms with Gasteiger partial charge in [-0.15, -0.1) is 0 Å². The third kappa shape index (κ3) is 3.97. The first kappa shape index (κ1) is 16.3. The smallest absolute Gasteiger partial charge is 0.241 e. The van der Waals surface area contributed by atoms with E-state index in [1.54, 1.807) is 17.9 Å². The van der Waals surface area contributed by atoms with Crippen molar-refractivity contribution in [1.29, 1.82) is 0 Å². The van der Waals surface area contributed by atoms with E-state index in [1.165, 1.54) is 12.1 Å². The molecule has 0 radical (unpaired) electrons. The lowest BCUT2D eigenvalue weighted by Crippen LogP contribution is -2.26. The molecule has 0 bridgehead atoms. The Morgan fingerprint density at radius 3 is 2.81 bits per heavy atom. The van der Waals surface area contributed by atoms with Gasteiger partial charge in [0.05, 0.1) is 15.6 Å². The lowest BCUT2D eigenvalue weighted by Gasteiger charge is -2.10. The zero-order valence-corrected chi connectivity index (χ0v) is 14.3. The van der Waals surface area contributed by atoms with E-state index < -0.39 is 10.0 Å². The van der Waals surface area contributed by atoms with Crippen molar-refractivity contribution >= 4 is 43.2 Å². The highest BCUT2D eigenvalue weighted by molar-refractivity contribution is 9.10. The largest absolute Gasteiger partial charge is 0.398 e. The minimum Gasteiger partial charge on any atom is -0.398 e. The first-order valence-electron chi connectivity index (χ1n) is 6.01. The highest BCUT2D eigenvalue weighted by Gasteiger charge is 2.19. The summed E-state index contributed by atoms with van der Waals surface area (Å²) in [6.07, 6.45) is 4.07. The Labute approximate surface area is 136 Å². The molecular weight excluding hydrogens is 380 g/mol. The Balaban J connectivity index is 2.12. The number of aryl methyl sites for hydroxylation is 1. The average molecular weight is 394 g/mol. The number of hydrogen-bond donors (Lipinski definition) is 2. The Bertz CT molecular complexity index is 761. The summed E-state index contributed by atoms with van der Waals surface area (Å²) >= 11 is 9.03. The van der Waals surface area contributed by atoms with E-state index in [9.17, 15) is 8.42 Å². The van der Waals surface area contributed by atoms with Crippen LogP contribution in [0.15, 0.2) is 33.9 Å². The molecule has 3 N–H and O–H groups in total. The maximum Gasteiger partial charge on any atom is 0.241 e. The summed E-state index contributed by atoms with van der Waals surface area (Å²) in [5.41, 5.74) is 6.93. The van der Waals surface area contributed by atoms with Crippen LogP contribution >= 0.6 is 27.5 Å². The quantitative estimate of drug-likeness (QED) is 0.760. The molecule has 0 fully saturated rings. The van der Waals surface area contributed by atoms with E-state index in [0.29, 0.717) is 10.9 Å². The second kappa shape index (κ2) is 6.35. The zero-order chi connectivity index (χ0) is 15.6. The Hall–Kier alpha value is -1.09. The fraction of sp³-hybridized carbons (Fsp3) is 0.250. The van der Waals surface area contributed by atoms with Gasteiger partial charge < -0.3 is 5.73 Å². The van der Waals surface area contributed by atoms with Crippen LogP contribution in [0.1, 0.15) is 5.56 Å². The summed E-state index contributed by atoms with van der Waals surface area (Å²) < 4.78 is 29.0. The number of nitrogens with zero attached hydrogens (tertiary/aromatic N) is 2. The minimum atomic E-state index is -3.69. The molecule has 2 aromatic rings. The molecule has 114 valence electrons. The van der Waals surface area contributed by atoms with Crippen LogP contribution in [0, 0.1) is 0 Å². The van der Waals surface area contributed by atoms with Crippen molar-refractivity contribution in [3.8, 4) is 0 Å². The number of hydrogen-bond acceptors (Lipinski definition) is 4. The molecule has 0 amide bonds. The van der Waals surface area contributed by atoms with Gasteiger partial charge in [0.25, 0.3) is 0 Å². The molecule has 0 aliphatic heterocycles. The molecular formula is C12H14BrClN4O2S. The highest BCUT2D eigenvalue weighted by Crippen LogP contribution is 2.31. The molecule has 0 aliphatic rings.